The van der Waals surface area contributed by atoms with Crippen LogP contribution in [0.25, 0.3) is 0 Å². The summed E-state index contributed by atoms with van der Waals surface area (Å²) in [5, 5.41) is 0.152. The molecule has 11 heteroatoms. The smallest absolute Gasteiger partial charge is 0.330 e. The first-order valence-electron chi connectivity index (χ1n) is 7.04. The number of carbonyl (C=O) groups is 1. The first kappa shape index (κ1) is 16.1. The molecule has 1 aliphatic rings. The van der Waals surface area contributed by atoms with Gasteiger partial charge < -0.3 is 16.5 Å². The quantitative estimate of drug-likeness (QED) is 0.305. The van der Waals surface area contributed by atoms with Gasteiger partial charge in [-0.2, -0.15) is 0 Å². The number of H-pyrrole nitrogens is 2. The zero-order valence-corrected chi connectivity index (χ0v) is 13.2. The number of nitrogens with zero attached hydrogens (tertiary/aromatic N) is 2. The average molecular weight is 350 g/mol. The minimum Gasteiger partial charge on any atom is -0.384 e. The second kappa shape index (κ2) is 6.00. The van der Waals surface area contributed by atoms with Crippen LogP contribution in [-0.2, 0) is 0 Å². The molecule has 0 atom stereocenters. The van der Waals surface area contributed by atoms with Crippen molar-refractivity contribution in [1.29, 1.82) is 0 Å². The molecule has 0 amide bonds. The maximum atomic E-state index is 12.3. The van der Waals surface area contributed by atoms with Crippen molar-refractivity contribution < 1.29 is 4.79 Å². The van der Waals surface area contributed by atoms with Crippen molar-refractivity contribution in [2.75, 3.05) is 17.2 Å². The highest BCUT2D eigenvalue weighted by Crippen LogP contribution is 2.35. The summed E-state index contributed by atoms with van der Waals surface area (Å²) in [6, 6.07) is 1.03. The molecule has 2 heterocycles. The fourth-order valence-electron chi connectivity index (χ4n) is 2.26. The number of ketones is 1. The number of hydrogen-bond acceptors (Lipinski definition) is 8. The number of nitrogen functional groups attached to an aromatic ring is 2. The van der Waals surface area contributed by atoms with Gasteiger partial charge in [-0.05, 0) is 12.8 Å². The van der Waals surface area contributed by atoms with E-state index in [1.165, 1.54) is 4.57 Å². The molecule has 0 radical (unpaired) electrons. The van der Waals surface area contributed by atoms with Gasteiger partial charge in [0.15, 0.2) is 10.9 Å². The van der Waals surface area contributed by atoms with Gasteiger partial charge in [0.1, 0.15) is 17.2 Å². The first-order chi connectivity index (χ1) is 11.4. The summed E-state index contributed by atoms with van der Waals surface area (Å²) in [5.41, 5.74) is 9.17. The molecule has 0 aliphatic heterocycles. The Kier molecular flexibility index (Phi) is 4.01. The highest BCUT2D eigenvalue weighted by Gasteiger charge is 2.30. The van der Waals surface area contributed by atoms with Crippen LogP contribution in [0, 0.1) is 0 Å². The molecular weight excluding hydrogens is 336 g/mol. The predicted molar refractivity (Wildman–Crippen MR) is 88.3 cm³/mol. The van der Waals surface area contributed by atoms with Crippen molar-refractivity contribution in [2.45, 2.75) is 24.0 Å². The molecule has 1 aliphatic carbocycles. The van der Waals surface area contributed by atoms with Gasteiger partial charge in [0, 0.05) is 12.1 Å². The summed E-state index contributed by atoms with van der Waals surface area (Å²) in [6.45, 7) is 0. The monoisotopic (exact) mass is 350 g/mol. The second-order valence-corrected chi connectivity index (χ2v) is 6.27. The fraction of sp³-hybridized carbons (Fsp3) is 0.308. The van der Waals surface area contributed by atoms with E-state index >= 15 is 0 Å². The van der Waals surface area contributed by atoms with Gasteiger partial charge in [-0.3, -0.25) is 23.9 Å². The van der Waals surface area contributed by atoms with E-state index in [0.29, 0.717) is 0 Å². The molecule has 0 spiro atoms. The van der Waals surface area contributed by atoms with Crippen LogP contribution in [0.4, 0.5) is 11.6 Å². The Balaban J connectivity index is 1.87. The van der Waals surface area contributed by atoms with E-state index in [1.54, 1.807) is 0 Å². The number of hydrogen-bond donors (Lipinski definition) is 4. The largest absolute Gasteiger partial charge is 0.384 e. The lowest BCUT2D eigenvalue weighted by Crippen LogP contribution is -2.36. The molecule has 3 rings (SSSR count). The van der Waals surface area contributed by atoms with E-state index in [-0.39, 0.29) is 34.2 Å². The molecule has 24 heavy (non-hydrogen) atoms. The van der Waals surface area contributed by atoms with Crippen molar-refractivity contribution in [3.8, 4) is 0 Å². The molecule has 1 fully saturated rings. The third-order valence-electron chi connectivity index (χ3n) is 3.45. The Morgan fingerprint density at radius 3 is 2.62 bits per heavy atom. The lowest BCUT2D eigenvalue weighted by atomic mass is 10.2. The molecule has 0 aromatic carbocycles. The number of carbonyl (C=O) groups excluding carboxylic acids is 1. The topological polar surface area (TPSA) is 170 Å². The summed E-state index contributed by atoms with van der Waals surface area (Å²) in [4.78, 5) is 55.8. The average Bonchev–Trinajstić information content (AvgIpc) is 3.28. The van der Waals surface area contributed by atoms with Gasteiger partial charge in [0.25, 0.3) is 11.1 Å². The first-order valence-corrected chi connectivity index (χ1v) is 8.02. The van der Waals surface area contributed by atoms with Crippen molar-refractivity contribution >= 4 is 29.2 Å². The molecular formula is C13H14N6O4S. The van der Waals surface area contributed by atoms with Gasteiger partial charge in [0.2, 0.25) is 0 Å². The predicted octanol–water partition coefficient (Wildman–Crippen LogP) is -0.906. The van der Waals surface area contributed by atoms with E-state index in [0.717, 1.165) is 30.7 Å². The van der Waals surface area contributed by atoms with Crippen molar-refractivity contribution in [3.63, 3.8) is 0 Å². The summed E-state index contributed by atoms with van der Waals surface area (Å²) in [5.74, 6) is -0.875. The van der Waals surface area contributed by atoms with Crippen molar-refractivity contribution in [1.82, 2.24) is 19.5 Å². The Morgan fingerprint density at radius 2 is 2.00 bits per heavy atom. The van der Waals surface area contributed by atoms with Gasteiger partial charge in [-0.15, -0.1) is 0 Å². The third kappa shape index (κ3) is 3.11. The Bertz CT molecular complexity index is 987. The summed E-state index contributed by atoms with van der Waals surface area (Å²) >= 11 is 0.911. The number of aromatic nitrogens is 4. The summed E-state index contributed by atoms with van der Waals surface area (Å²) in [7, 11) is 0. The lowest BCUT2D eigenvalue weighted by molar-refractivity contribution is 0.102. The normalized spacial score (nSPS) is 13.8. The van der Waals surface area contributed by atoms with Gasteiger partial charge >= 0.3 is 5.69 Å². The van der Waals surface area contributed by atoms with E-state index in [2.05, 4.69) is 15.0 Å². The van der Waals surface area contributed by atoms with Gasteiger partial charge in [-0.25, -0.2) is 9.78 Å². The van der Waals surface area contributed by atoms with E-state index in [4.69, 9.17) is 11.5 Å². The number of rotatable bonds is 5. The van der Waals surface area contributed by atoms with Crippen molar-refractivity contribution in [2.24, 2.45) is 0 Å². The zero-order valence-electron chi connectivity index (χ0n) is 12.4. The second-order valence-electron chi connectivity index (χ2n) is 5.31. The van der Waals surface area contributed by atoms with Crippen LogP contribution in [-0.4, -0.2) is 31.1 Å². The molecule has 10 nitrogen and oxygen atoms in total. The number of thioether (sulfide) groups is 1. The van der Waals surface area contributed by atoms with Crippen LogP contribution in [0.15, 0.2) is 25.6 Å². The summed E-state index contributed by atoms with van der Waals surface area (Å²) in [6.07, 6.45) is 1.54. The van der Waals surface area contributed by atoms with E-state index in [9.17, 15) is 19.2 Å². The van der Waals surface area contributed by atoms with Crippen LogP contribution < -0.4 is 28.3 Å². The number of aromatic amines is 2. The van der Waals surface area contributed by atoms with Crippen LogP contribution >= 0.6 is 11.8 Å². The highest BCUT2D eigenvalue weighted by molar-refractivity contribution is 7.99. The SMILES string of the molecule is Nc1cc(=O)[nH]c(SCC(=O)c2c(N)n(C3CC3)c(=O)[nH]c2=O)n1. The Hall–Kier alpha value is -2.82. The maximum absolute atomic E-state index is 12.3. The molecule has 2 aromatic rings. The zero-order chi connectivity index (χ0) is 17.4. The molecule has 126 valence electrons. The molecule has 0 bridgehead atoms. The molecule has 1 saturated carbocycles. The number of nitrogens with one attached hydrogen (secondary N) is 2. The van der Waals surface area contributed by atoms with Crippen LogP contribution in [0.3, 0.4) is 0 Å². The minimum absolute atomic E-state index is 0.0216. The van der Waals surface area contributed by atoms with Gasteiger partial charge in [-0.1, -0.05) is 11.8 Å². The number of Topliss-reactive ketones (excluding diaryl/α,β-unsaturated/α-hetero) is 1. The van der Waals surface area contributed by atoms with Crippen LogP contribution in [0.2, 0.25) is 0 Å². The lowest BCUT2D eigenvalue weighted by Gasteiger charge is -2.10. The Labute approximate surface area is 138 Å². The van der Waals surface area contributed by atoms with E-state index < -0.39 is 22.6 Å². The van der Waals surface area contributed by atoms with Crippen molar-refractivity contribution in [3.05, 3.63) is 42.8 Å². The molecule has 2 aromatic heterocycles. The molecule has 0 unspecified atom stereocenters. The highest BCUT2D eigenvalue weighted by atomic mass is 32.2. The van der Waals surface area contributed by atoms with E-state index in [1.807, 2.05) is 0 Å². The number of nitrogens with two attached hydrogens (primary N) is 2. The number of anilines is 2. The van der Waals surface area contributed by atoms with Crippen LogP contribution in [0.5, 0.6) is 0 Å². The maximum Gasteiger partial charge on any atom is 0.330 e. The standard InChI is InChI=1S/C13H14N6O4S/c14-7-3-8(21)17-12(16-7)24-4-6(20)9-10(15)19(5-1-2-5)13(23)18-11(9)22/h3,5H,1-2,4,15H2,(H,18,22,23)(H3,14,16,17,21). The minimum atomic E-state index is -0.825. The van der Waals surface area contributed by atoms with Crippen LogP contribution in [0.1, 0.15) is 29.2 Å². The third-order valence-corrected chi connectivity index (χ3v) is 4.33. The summed E-state index contributed by atoms with van der Waals surface area (Å²) < 4.78 is 1.24. The van der Waals surface area contributed by atoms with Gasteiger partial charge in [0.05, 0.1) is 5.75 Å². The molecule has 0 saturated heterocycles. The Morgan fingerprint density at radius 1 is 1.29 bits per heavy atom. The fourth-order valence-corrected chi connectivity index (χ4v) is 3.01. The molecule has 6 N–H and O–H groups in total.